The molecule has 0 atom stereocenters. The molecule has 1 aliphatic carbocycles. The van der Waals surface area contributed by atoms with E-state index in [2.05, 4.69) is 195 Å². The van der Waals surface area contributed by atoms with E-state index in [9.17, 15) is 0 Å². The Kier molecular flexibility index (Phi) is 7.07. The molecule has 8 aromatic carbocycles. The van der Waals surface area contributed by atoms with Gasteiger partial charge in [0.15, 0.2) is 0 Å². The number of hydrogen-bond donors (Lipinski definition) is 0. The van der Waals surface area contributed by atoms with E-state index in [0.29, 0.717) is 0 Å². The van der Waals surface area contributed by atoms with Crippen LogP contribution in [0, 0.1) is 27.7 Å². The smallest absolute Gasteiger partial charge is 0.0468 e. The lowest BCUT2D eigenvalue weighted by molar-refractivity contribution is 1.26. The standard InChI is InChI=1S/C48H38N2/c1-31-9-5-13-39(21-31)49(40-14-6-10-32(2)22-40)43-19-17-35-27-45-47(29-37(35)25-43)46-28-36-18-20-44(26-38(36)30-48(45)46)50(41-15-7-11-33(3)23-41)42-16-8-12-34(4)24-42/h5-30H,1-4H3. The van der Waals surface area contributed by atoms with E-state index >= 15 is 0 Å². The van der Waals surface area contributed by atoms with Gasteiger partial charge in [-0.25, -0.2) is 0 Å². The van der Waals surface area contributed by atoms with Crippen molar-refractivity contribution in [2.45, 2.75) is 27.7 Å². The highest BCUT2D eigenvalue weighted by Crippen LogP contribution is 2.51. The highest BCUT2D eigenvalue weighted by Gasteiger charge is 2.25. The molecule has 2 nitrogen and oxygen atoms in total. The van der Waals surface area contributed by atoms with Crippen LogP contribution in [-0.2, 0) is 0 Å². The Balaban J connectivity index is 1.12. The van der Waals surface area contributed by atoms with Crippen molar-refractivity contribution < 1.29 is 0 Å². The summed E-state index contributed by atoms with van der Waals surface area (Å²) in [7, 11) is 0. The monoisotopic (exact) mass is 642 g/mol. The lowest BCUT2D eigenvalue weighted by Crippen LogP contribution is -2.10. The molecule has 0 aliphatic heterocycles. The first-order valence-electron chi connectivity index (χ1n) is 17.4. The maximum atomic E-state index is 2.39. The van der Waals surface area contributed by atoms with Gasteiger partial charge < -0.3 is 9.80 Å². The minimum absolute atomic E-state index is 1.16. The quantitative estimate of drug-likeness (QED) is 0.178. The van der Waals surface area contributed by atoms with E-state index in [1.807, 2.05) is 0 Å². The van der Waals surface area contributed by atoms with Crippen LogP contribution in [0.4, 0.5) is 34.1 Å². The lowest BCUT2D eigenvalue weighted by Gasteiger charge is -2.29. The molecule has 0 aromatic heterocycles. The van der Waals surface area contributed by atoms with E-state index in [1.165, 1.54) is 88.8 Å². The average Bonchev–Trinajstić information content (AvgIpc) is 3.11. The van der Waals surface area contributed by atoms with Crippen molar-refractivity contribution in [1.29, 1.82) is 0 Å². The zero-order chi connectivity index (χ0) is 33.9. The Bertz CT molecular complexity index is 2320. The Hall–Kier alpha value is -6.12. The summed E-state index contributed by atoms with van der Waals surface area (Å²) in [6, 6.07) is 58.3. The van der Waals surface area contributed by atoms with Gasteiger partial charge in [0.25, 0.3) is 0 Å². The first-order chi connectivity index (χ1) is 24.4. The van der Waals surface area contributed by atoms with Crippen molar-refractivity contribution >= 4 is 55.7 Å². The molecule has 0 saturated carbocycles. The predicted molar refractivity (Wildman–Crippen MR) is 214 cm³/mol. The van der Waals surface area contributed by atoms with Crippen molar-refractivity contribution in [3.63, 3.8) is 0 Å². The molecule has 0 saturated heterocycles. The number of nitrogens with zero attached hydrogens (tertiary/aromatic N) is 2. The van der Waals surface area contributed by atoms with Crippen LogP contribution in [0.15, 0.2) is 158 Å². The van der Waals surface area contributed by atoms with Gasteiger partial charge in [0.05, 0.1) is 0 Å². The van der Waals surface area contributed by atoms with E-state index in [1.54, 1.807) is 0 Å². The van der Waals surface area contributed by atoms with Gasteiger partial charge in [-0.15, -0.1) is 0 Å². The zero-order valence-electron chi connectivity index (χ0n) is 28.9. The van der Waals surface area contributed by atoms with E-state index in [-0.39, 0.29) is 0 Å². The molecule has 0 fully saturated rings. The van der Waals surface area contributed by atoms with Crippen LogP contribution in [0.3, 0.4) is 0 Å². The van der Waals surface area contributed by atoms with Gasteiger partial charge in [-0.1, -0.05) is 60.7 Å². The molecule has 0 unspecified atom stereocenters. The third-order valence-corrected chi connectivity index (χ3v) is 10.1. The van der Waals surface area contributed by atoms with Crippen LogP contribution in [0.2, 0.25) is 0 Å². The Labute approximate surface area is 294 Å². The summed E-state index contributed by atoms with van der Waals surface area (Å²) in [5, 5.41) is 5.01. The second-order valence-electron chi connectivity index (χ2n) is 13.9. The van der Waals surface area contributed by atoms with Crippen molar-refractivity contribution in [3.05, 3.63) is 180 Å². The largest absolute Gasteiger partial charge is 0.310 e. The fourth-order valence-electron chi connectivity index (χ4n) is 7.64. The second kappa shape index (κ2) is 11.8. The number of anilines is 6. The fourth-order valence-corrected chi connectivity index (χ4v) is 7.64. The molecule has 0 heterocycles. The fraction of sp³-hybridized carbons (Fsp3) is 0.0833. The number of benzene rings is 8. The molecule has 0 amide bonds. The van der Waals surface area contributed by atoms with Gasteiger partial charge >= 0.3 is 0 Å². The molecule has 0 bridgehead atoms. The van der Waals surface area contributed by atoms with Crippen LogP contribution >= 0.6 is 0 Å². The summed E-state index contributed by atoms with van der Waals surface area (Å²) >= 11 is 0. The van der Waals surface area contributed by atoms with Crippen LogP contribution in [-0.4, -0.2) is 0 Å². The Morgan fingerprint density at radius 1 is 0.260 bits per heavy atom. The van der Waals surface area contributed by atoms with Crippen molar-refractivity contribution in [2.75, 3.05) is 9.80 Å². The van der Waals surface area contributed by atoms with Crippen LogP contribution < -0.4 is 9.80 Å². The normalized spacial score (nSPS) is 11.6. The third-order valence-electron chi connectivity index (χ3n) is 10.1. The summed E-state index contributed by atoms with van der Waals surface area (Å²) < 4.78 is 0. The molecule has 0 N–H and O–H groups in total. The average molecular weight is 643 g/mol. The Morgan fingerprint density at radius 2 is 0.540 bits per heavy atom. The summed E-state index contributed by atoms with van der Waals surface area (Å²) in [6.45, 7) is 8.63. The summed E-state index contributed by atoms with van der Waals surface area (Å²) in [5.41, 5.74) is 17.3. The Morgan fingerprint density at radius 3 is 0.840 bits per heavy atom. The van der Waals surface area contributed by atoms with Gasteiger partial charge in [0.1, 0.15) is 0 Å². The number of aryl methyl sites for hydroxylation is 4. The molecular weight excluding hydrogens is 605 g/mol. The van der Waals surface area contributed by atoms with Crippen LogP contribution in [0.5, 0.6) is 0 Å². The molecule has 9 rings (SSSR count). The van der Waals surface area contributed by atoms with E-state index in [0.717, 1.165) is 11.4 Å². The molecule has 1 aliphatic rings. The molecular formula is C48H38N2. The van der Waals surface area contributed by atoms with Crippen LogP contribution in [0.25, 0.3) is 43.8 Å². The first-order valence-corrected chi connectivity index (χ1v) is 17.4. The highest BCUT2D eigenvalue weighted by molar-refractivity contribution is 6.12. The van der Waals surface area contributed by atoms with Gasteiger partial charge in [-0.05, 0) is 191 Å². The van der Waals surface area contributed by atoms with Crippen molar-refractivity contribution in [2.24, 2.45) is 0 Å². The summed E-state index contributed by atoms with van der Waals surface area (Å²) in [6.07, 6.45) is 0. The molecule has 2 heteroatoms. The molecule has 0 radical (unpaired) electrons. The van der Waals surface area contributed by atoms with Gasteiger partial charge in [-0.2, -0.15) is 0 Å². The maximum Gasteiger partial charge on any atom is 0.0468 e. The third kappa shape index (κ3) is 5.21. The number of rotatable bonds is 6. The summed E-state index contributed by atoms with van der Waals surface area (Å²) in [4.78, 5) is 4.74. The van der Waals surface area contributed by atoms with Gasteiger partial charge in [0, 0.05) is 34.1 Å². The second-order valence-corrected chi connectivity index (χ2v) is 13.9. The molecule has 240 valence electrons. The lowest BCUT2D eigenvalue weighted by atomic mass is 9.78. The number of fused-ring (bicyclic) bond motifs is 6. The predicted octanol–water partition coefficient (Wildman–Crippen LogP) is 13.8. The maximum absolute atomic E-state index is 2.39. The van der Waals surface area contributed by atoms with E-state index < -0.39 is 0 Å². The highest BCUT2D eigenvalue weighted by atomic mass is 15.1. The van der Waals surface area contributed by atoms with Gasteiger partial charge in [-0.3, -0.25) is 0 Å². The van der Waals surface area contributed by atoms with Gasteiger partial charge in [0.2, 0.25) is 0 Å². The molecule has 8 aromatic rings. The summed E-state index contributed by atoms with van der Waals surface area (Å²) in [5.74, 6) is 0. The minimum atomic E-state index is 1.16. The molecule has 50 heavy (non-hydrogen) atoms. The zero-order valence-corrected chi connectivity index (χ0v) is 28.9. The molecule has 0 spiro atoms. The van der Waals surface area contributed by atoms with Crippen LogP contribution in [0.1, 0.15) is 22.3 Å². The van der Waals surface area contributed by atoms with E-state index in [4.69, 9.17) is 0 Å². The minimum Gasteiger partial charge on any atom is -0.310 e. The van der Waals surface area contributed by atoms with Crippen molar-refractivity contribution in [3.8, 4) is 22.3 Å². The first kappa shape index (κ1) is 30.0. The number of hydrogen-bond acceptors (Lipinski definition) is 2. The van der Waals surface area contributed by atoms with Crippen molar-refractivity contribution in [1.82, 2.24) is 0 Å². The topological polar surface area (TPSA) is 6.48 Å². The SMILES string of the molecule is Cc1cccc(N(c2cccc(C)c2)c2ccc3cc4c(cc3c2)-c2cc3ccc(N(c5cccc(C)c5)c5cccc(C)c5)cc3cc2-4)c1.